The fourth-order valence-electron chi connectivity index (χ4n) is 3.16. The van der Waals surface area contributed by atoms with Gasteiger partial charge >= 0.3 is 5.16 Å². The quantitative estimate of drug-likeness (QED) is 0.136. The summed E-state index contributed by atoms with van der Waals surface area (Å²) in [6.45, 7) is 0. The molecule has 1 amide bonds. The van der Waals surface area contributed by atoms with Gasteiger partial charge in [-0.15, -0.1) is 5.10 Å². The summed E-state index contributed by atoms with van der Waals surface area (Å²) in [5.41, 5.74) is 4.78. The largest absolute Gasteiger partial charge is 0.504 e. The Balaban J connectivity index is 1.49. The van der Waals surface area contributed by atoms with Crippen LogP contribution in [0.25, 0.3) is 17.1 Å². The molecule has 172 valence electrons. The Morgan fingerprint density at radius 1 is 1.18 bits per heavy atom. The van der Waals surface area contributed by atoms with Crippen LogP contribution >= 0.6 is 27.7 Å². The lowest BCUT2D eigenvalue weighted by atomic mass is 10.2. The molecule has 1 aromatic heterocycles. The number of ether oxygens (including phenoxy) is 1. The molecule has 3 N–H and O–H groups in total. The second-order valence-corrected chi connectivity index (χ2v) is 8.87. The number of halogens is 1. The summed E-state index contributed by atoms with van der Waals surface area (Å²) < 4.78 is 8.01. The SMILES string of the molecule is COc1cccc(/C=N/NC(=O)CSc2n[nH]c(-c3ccccc3)[n+]2-c2ccc(Br)cc2)c1O. The molecule has 0 unspecified atom stereocenters. The van der Waals surface area contributed by atoms with E-state index < -0.39 is 0 Å². The molecule has 0 saturated carbocycles. The van der Waals surface area contributed by atoms with Crippen molar-refractivity contribution >= 4 is 39.8 Å². The summed E-state index contributed by atoms with van der Waals surface area (Å²) in [4.78, 5) is 12.4. The first-order valence-electron chi connectivity index (χ1n) is 10.2. The molecule has 0 bridgehead atoms. The number of hydrogen-bond donors (Lipinski definition) is 3. The normalized spacial score (nSPS) is 11.0. The molecule has 4 rings (SSSR count). The van der Waals surface area contributed by atoms with E-state index in [0.717, 1.165) is 21.5 Å². The number of rotatable bonds is 8. The van der Waals surface area contributed by atoms with Crippen molar-refractivity contribution in [1.29, 1.82) is 0 Å². The number of nitrogens with one attached hydrogen (secondary N) is 2. The zero-order chi connectivity index (χ0) is 23.9. The number of aromatic nitrogens is 3. The molecule has 0 saturated heterocycles. The number of thioether (sulfide) groups is 1. The second kappa shape index (κ2) is 11.0. The molecule has 1 heterocycles. The van der Waals surface area contributed by atoms with Crippen LogP contribution in [0.2, 0.25) is 0 Å². The molecule has 0 atom stereocenters. The van der Waals surface area contributed by atoms with Gasteiger partial charge in [0.05, 0.1) is 29.7 Å². The van der Waals surface area contributed by atoms with E-state index in [0.29, 0.717) is 16.5 Å². The molecule has 34 heavy (non-hydrogen) atoms. The van der Waals surface area contributed by atoms with E-state index in [4.69, 9.17) is 4.74 Å². The van der Waals surface area contributed by atoms with Crippen LogP contribution in [0.15, 0.2) is 87.5 Å². The van der Waals surface area contributed by atoms with Crippen molar-refractivity contribution < 1.29 is 19.2 Å². The van der Waals surface area contributed by atoms with Gasteiger partial charge in [-0.3, -0.25) is 4.79 Å². The summed E-state index contributed by atoms with van der Waals surface area (Å²) in [5, 5.41) is 22.2. The number of methoxy groups -OCH3 is 1. The van der Waals surface area contributed by atoms with Crippen molar-refractivity contribution in [3.05, 3.63) is 82.8 Å². The zero-order valence-electron chi connectivity index (χ0n) is 18.1. The number of aromatic amines is 1. The van der Waals surface area contributed by atoms with E-state index in [2.05, 4.69) is 36.7 Å². The fraction of sp³-hybridized carbons (Fsp3) is 0.0833. The van der Waals surface area contributed by atoms with Crippen molar-refractivity contribution in [2.24, 2.45) is 5.10 Å². The Kier molecular flexibility index (Phi) is 7.61. The summed E-state index contributed by atoms with van der Waals surface area (Å²) in [7, 11) is 1.47. The van der Waals surface area contributed by atoms with Gasteiger partial charge in [-0.25, -0.2) is 5.43 Å². The predicted molar refractivity (Wildman–Crippen MR) is 134 cm³/mol. The maximum atomic E-state index is 12.4. The molecule has 0 fully saturated rings. The van der Waals surface area contributed by atoms with E-state index in [9.17, 15) is 9.90 Å². The van der Waals surface area contributed by atoms with Crippen molar-refractivity contribution in [3.63, 3.8) is 0 Å². The zero-order valence-corrected chi connectivity index (χ0v) is 20.5. The van der Waals surface area contributed by atoms with E-state index in [1.165, 1.54) is 25.1 Å². The van der Waals surface area contributed by atoms with Crippen LogP contribution in [-0.2, 0) is 4.79 Å². The van der Waals surface area contributed by atoms with Gasteiger partial charge in [0, 0.05) is 10.0 Å². The maximum absolute atomic E-state index is 12.4. The highest BCUT2D eigenvalue weighted by molar-refractivity contribution is 9.10. The Labute approximate surface area is 208 Å². The minimum Gasteiger partial charge on any atom is -0.504 e. The van der Waals surface area contributed by atoms with Crippen LogP contribution in [0.5, 0.6) is 11.5 Å². The number of aromatic hydroxyl groups is 1. The molecule has 0 spiro atoms. The van der Waals surface area contributed by atoms with Crippen molar-refractivity contribution in [2.45, 2.75) is 5.16 Å². The lowest BCUT2D eigenvalue weighted by molar-refractivity contribution is -0.625. The van der Waals surface area contributed by atoms with Crippen LogP contribution in [0.1, 0.15) is 5.56 Å². The standard InChI is InChI=1S/C24H20BrN5O3S/c1-33-20-9-5-8-17(22(20)32)14-26-27-21(31)15-34-24-29-28-23(16-6-3-2-4-7-16)30(24)19-12-10-18(25)11-13-19/h2-14H,15H2,1H3,(H2,26,27,31,32)/p+1. The number of carbonyl (C=O) groups excluding carboxylic acids is 1. The third kappa shape index (κ3) is 5.46. The Bertz CT molecular complexity index is 1310. The van der Waals surface area contributed by atoms with Gasteiger partial charge < -0.3 is 9.84 Å². The minimum atomic E-state index is -0.310. The Hall–Kier alpha value is -3.63. The van der Waals surface area contributed by atoms with Gasteiger partial charge in [-0.1, -0.05) is 40.2 Å². The fourth-order valence-corrected chi connectivity index (χ4v) is 4.18. The smallest absolute Gasteiger partial charge is 0.342 e. The van der Waals surface area contributed by atoms with Crippen LogP contribution in [-0.4, -0.2) is 40.3 Å². The lowest BCUT2D eigenvalue weighted by Crippen LogP contribution is -2.34. The third-order valence-electron chi connectivity index (χ3n) is 4.78. The number of carbonyl (C=O) groups is 1. The predicted octanol–water partition coefficient (Wildman–Crippen LogP) is 4.07. The van der Waals surface area contributed by atoms with Crippen LogP contribution in [0.3, 0.4) is 0 Å². The third-order valence-corrected chi connectivity index (χ3v) is 6.25. The number of benzene rings is 3. The van der Waals surface area contributed by atoms with E-state index >= 15 is 0 Å². The summed E-state index contributed by atoms with van der Waals surface area (Å²) in [5.74, 6) is 0.874. The molecular formula is C24H21BrN5O3S+. The first kappa shape index (κ1) is 23.5. The van der Waals surface area contributed by atoms with Crippen LogP contribution in [0.4, 0.5) is 0 Å². The van der Waals surface area contributed by atoms with E-state index in [1.807, 2.05) is 59.2 Å². The van der Waals surface area contributed by atoms with Gasteiger partial charge in [0.15, 0.2) is 11.5 Å². The van der Waals surface area contributed by atoms with Crippen molar-refractivity contribution in [3.8, 4) is 28.6 Å². The van der Waals surface area contributed by atoms with Gasteiger partial charge in [-0.05, 0) is 60.3 Å². The van der Waals surface area contributed by atoms with Crippen LogP contribution in [0, 0.1) is 0 Å². The first-order valence-corrected chi connectivity index (χ1v) is 12.0. The number of phenols is 1. The topological polar surface area (TPSA) is 103 Å². The highest BCUT2D eigenvalue weighted by Crippen LogP contribution is 2.28. The molecule has 3 aromatic carbocycles. The average Bonchev–Trinajstić information content (AvgIpc) is 3.29. The number of amides is 1. The van der Waals surface area contributed by atoms with Gasteiger partial charge in [0.25, 0.3) is 11.7 Å². The number of nitrogens with zero attached hydrogens (tertiary/aromatic N) is 3. The van der Waals surface area contributed by atoms with Gasteiger partial charge in [-0.2, -0.15) is 9.67 Å². The van der Waals surface area contributed by atoms with Gasteiger partial charge in [0.2, 0.25) is 0 Å². The molecule has 0 radical (unpaired) electrons. The number of hydrazone groups is 1. The number of hydrogen-bond acceptors (Lipinski definition) is 6. The average molecular weight is 539 g/mol. The summed E-state index contributed by atoms with van der Waals surface area (Å²) >= 11 is 4.75. The van der Waals surface area contributed by atoms with E-state index in [1.54, 1.807) is 18.2 Å². The highest BCUT2D eigenvalue weighted by Gasteiger charge is 2.24. The molecule has 4 aromatic rings. The second-order valence-electron chi connectivity index (χ2n) is 7.01. The molecular weight excluding hydrogens is 518 g/mol. The summed E-state index contributed by atoms with van der Waals surface area (Å²) in [6.07, 6.45) is 1.37. The Morgan fingerprint density at radius 3 is 2.68 bits per heavy atom. The van der Waals surface area contributed by atoms with Crippen molar-refractivity contribution in [2.75, 3.05) is 12.9 Å². The molecule has 0 aliphatic heterocycles. The minimum absolute atomic E-state index is 0.0436. The highest BCUT2D eigenvalue weighted by atomic mass is 79.9. The molecule has 10 heteroatoms. The first-order chi connectivity index (χ1) is 16.6. The molecule has 8 nitrogen and oxygen atoms in total. The van der Waals surface area contributed by atoms with Gasteiger partial charge in [0.1, 0.15) is 5.69 Å². The lowest BCUT2D eigenvalue weighted by Gasteiger charge is -2.05. The summed E-state index contributed by atoms with van der Waals surface area (Å²) in [6, 6.07) is 22.7. The number of H-pyrrole nitrogens is 1. The van der Waals surface area contributed by atoms with Crippen molar-refractivity contribution in [1.82, 2.24) is 15.6 Å². The number of para-hydroxylation sites is 1. The van der Waals surface area contributed by atoms with Crippen LogP contribution < -0.4 is 14.7 Å². The molecule has 0 aliphatic carbocycles. The monoisotopic (exact) mass is 538 g/mol. The molecule has 0 aliphatic rings. The maximum Gasteiger partial charge on any atom is 0.342 e. The number of phenolic OH excluding ortho intramolecular Hbond substituents is 1. The van der Waals surface area contributed by atoms with E-state index in [-0.39, 0.29) is 17.4 Å². The Morgan fingerprint density at radius 2 is 1.94 bits per heavy atom.